The van der Waals surface area contributed by atoms with Gasteiger partial charge in [-0.3, -0.25) is 4.79 Å². The Morgan fingerprint density at radius 3 is 2.42 bits per heavy atom. The second kappa shape index (κ2) is 6.96. The van der Waals surface area contributed by atoms with Crippen LogP contribution in [0.4, 0.5) is 0 Å². The molecule has 126 valence electrons. The normalized spacial score (nSPS) is 25.1. The number of primary amides is 1. The predicted octanol–water partition coefficient (Wildman–Crippen LogP) is 3.27. The number of hydrogen-bond donors (Lipinski definition) is 2. The average Bonchev–Trinajstić information content (AvgIpc) is 2.60. The number of amides is 1. The fraction of sp³-hybridized carbons (Fsp3) is 0.350. The van der Waals surface area contributed by atoms with Crippen LogP contribution in [0.25, 0.3) is 0 Å². The van der Waals surface area contributed by atoms with Crippen LogP contribution in [0.5, 0.6) is 0 Å². The van der Waals surface area contributed by atoms with Crippen LogP contribution in [0.15, 0.2) is 48.5 Å². The minimum atomic E-state index is -0.291. The number of halogens is 1. The molecule has 0 saturated carbocycles. The third-order valence-corrected chi connectivity index (χ3v) is 5.44. The van der Waals surface area contributed by atoms with Gasteiger partial charge in [0.05, 0.1) is 6.04 Å². The first-order valence-corrected chi connectivity index (χ1v) is 8.44. The van der Waals surface area contributed by atoms with Crippen LogP contribution in [0.1, 0.15) is 46.9 Å². The predicted molar refractivity (Wildman–Crippen MR) is 98.4 cm³/mol. The highest BCUT2D eigenvalue weighted by Gasteiger charge is 2.40. The van der Waals surface area contributed by atoms with Crippen LogP contribution in [0.3, 0.4) is 0 Å². The molecular formula is C20H23ClN2O. The number of nitrogens with two attached hydrogens (primary N) is 1. The highest BCUT2D eigenvalue weighted by Crippen LogP contribution is 2.45. The number of carbonyl (C=O) groups is 1. The lowest BCUT2D eigenvalue weighted by Crippen LogP contribution is -2.50. The zero-order valence-corrected chi connectivity index (χ0v) is 14.4. The first kappa shape index (κ1) is 17.0. The molecule has 2 aliphatic rings. The molecule has 3 nitrogen and oxygen atoms in total. The zero-order chi connectivity index (χ0) is 15.8. The zero-order valence-electron chi connectivity index (χ0n) is 13.6. The number of benzene rings is 2. The van der Waals surface area contributed by atoms with Gasteiger partial charge in [-0.05, 0) is 47.4 Å². The molecule has 0 bridgehead atoms. The van der Waals surface area contributed by atoms with E-state index in [-0.39, 0.29) is 30.3 Å². The number of hydrogen-bond acceptors (Lipinski definition) is 2. The molecule has 1 aliphatic carbocycles. The van der Waals surface area contributed by atoms with E-state index in [2.05, 4.69) is 53.8 Å². The Morgan fingerprint density at radius 2 is 1.67 bits per heavy atom. The van der Waals surface area contributed by atoms with Crippen LogP contribution in [-0.4, -0.2) is 11.9 Å². The van der Waals surface area contributed by atoms with E-state index < -0.39 is 0 Å². The quantitative estimate of drug-likeness (QED) is 0.880. The minimum absolute atomic E-state index is 0. The van der Waals surface area contributed by atoms with E-state index in [0.717, 1.165) is 12.8 Å². The fourth-order valence-corrected chi connectivity index (χ4v) is 4.44. The second-order valence-corrected chi connectivity index (χ2v) is 6.68. The summed E-state index contributed by atoms with van der Waals surface area (Å²) in [6, 6.07) is 16.9. The maximum absolute atomic E-state index is 12.1. The van der Waals surface area contributed by atoms with Crippen molar-refractivity contribution < 1.29 is 4.79 Å². The average molecular weight is 343 g/mol. The second-order valence-electron chi connectivity index (χ2n) is 6.68. The van der Waals surface area contributed by atoms with Gasteiger partial charge in [-0.25, -0.2) is 0 Å². The number of fused-ring (bicyclic) bond motifs is 2. The highest BCUT2D eigenvalue weighted by molar-refractivity contribution is 5.85. The summed E-state index contributed by atoms with van der Waals surface area (Å²) in [5.74, 6) is 0.234. The van der Waals surface area contributed by atoms with Crippen LogP contribution in [-0.2, 0) is 17.8 Å². The van der Waals surface area contributed by atoms with Crippen molar-refractivity contribution in [1.82, 2.24) is 5.32 Å². The lowest BCUT2D eigenvalue weighted by Gasteiger charge is -2.40. The SMILES string of the molecule is Cl.NC(=O)C1NCc2ccccc2C1C1CCCc2ccccc21. The molecule has 1 aliphatic heterocycles. The van der Waals surface area contributed by atoms with E-state index >= 15 is 0 Å². The van der Waals surface area contributed by atoms with E-state index in [9.17, 15) is 4.79 Å². The third kappa shape index (κ3) is 2.83. The van der Waals surface area contributed by atoms with Gasteiger partial charge in [-0.2, -0.15) is 0 Å². The van der Waals surface area contributed by atoms with Crippen LogP contribution in [0.2, 0.25) is 0 Å². The Labute approximate surface area is 149 Å². The van der Waals surface area contributed by atoms with Crippen molar-refractivity contribution >= 4 is 18.3 Å². The van der Waals surface area contributed by atoms with E-state index in [0.29, 0.717) is 12.5 Å². The first-order chi connectivity index (χ1) is 11.3. The van der Waals surface area contributed by atoms with Crippen molar-refractivity contribution in [3.63, 3.8) is 0 Å². The van der Waals surface area contributed by atoms with E-state index in [1.807, 2.05) is 0 Å². The highest BCUT2D eigenvalue weighted by atomic mass is 35.5. The summed E-state index contributed by atoms with van der Waals surface area (Å²) in [6.07, 6.45) is 3.42. The summed E-state index contributed by atoms with van der Waals surface area (Å²) >= 11 is 0. The molecule has 1 amide bonds. The number of rotatable bonds is 2. The minimum Gasteiger partial charge on any atom is -0.368 e. The lowest BCUT2D eigenvalue weighted by molar-refractivity contribution is -0.121. The van der Waals surface area contributed by atoms with E-state index in [1.165, 1.54) is 28.7 Å². The van der Waals surface area contributed by atoms with Gasteiger partial charge in [-0.1, -0.05) is 48.5 Å². The molecule has 24 heavy (non-hydrogen) atoms. The summed E-state index contributed by atoms with van der Waals surface area (Å²) in [5.41, 5.74) is 11.1. The van der Waals surface area contributed by atoms with Crippen molar-refractivity contribution in [3.8, 4) is 0 Å². The van der Waals surface area contributed by atoms with Gasteiger partial charge in [0.1, 0.15) is 0 Å². The maximum atomic E-state index is 12.1. The summed E-state index contributed by atoms with van der Waals surface area (Å²) in [5, 5.41) is 3.38. The van der Waals surface area contributed by atoms with Crippen LogP contribution >= 0.6 is 12.4 Å². The Kier molecular flexibility index (Phi) is 4.93. The number of aryl methyl sites for hydroxylation is 1. The smallest absolute Gasteiger partial charge is 0.235 e. The van der Waals surface area contributed by atoms with Crippen molar-refractivity contribution in [2.24, 2.45) is 5.73 Å². The number of carbonyl (C=O) groups excluding carboxylic acids is 1. The molecule has 0 spiro atoms. The summed E-state index contributed by atoms with van der Waals surface area (Å²) in [7, 11) is 0. The van der Waals surface area contributed by atoms with Crippen molar-refractivity contribution in [1.29, 1.82) is 0 Å². The molecule has 3 unspecified atom stereocenters. The molecule has 2 aromatic carbocycles. The van der Waals surface area contributed by atoms with Crippen LogP contribution in [0, 0.1) is 0 Å². The molecular weight excluding hydrogens is 320 g/mol. The van der Waals surface area contributed by atoms with Crippen molar-refractivity contribution in [3.05, 3.63) is 70.8 Å². The molecule has 0 radical (unpaired) electrons. The van der Waals surface area contributed by atoms with Crippen LogP contribution < -0.4 is 11.1 Å². The molecule has 1 heterocycles. The maximum Gasteiger partial charge on any atom is 0.235 e. The standard InChI is InChI=1S/C20H22N2O.ClH/c21-20(23)19-18(16-10-4-2-7-14(16)12-22-19)17-11-5-8-13-6-1-3-9-15(13)17;/h1-4,6-7,9-10,17-19,22H,5,8,11-12H2,(H2,21,23);1H. The monoisotopic (exact) mass is 342 g/mol. The summed E-state index contributed by atoms with van der Waals surface area (Å²) in [6.45, 7) is 0.717. The Balaban J connectivity index is 0.00000169. The third-order valence-electron chi connectivity index (χ3n) is 5.44. The Hall–Kier alpha value is -1.84. The van der Waals surface area contributed by atoms with Gasteiger partial charge in [-0.15, -0.1) is 12.4 Å². The Morgan fingerprint density at radius 1 is 1.00 bits per heavy atom. The summed E-state index contributed by atoms with van der Waals surface area (Å²) in [4.78, 5) is 12.1. The van der Waals surface area contributed by atoms with Gasteiger partial charge < -0.3 is 11.1 Å². The molecule has 3 N–H and O–H groups in total. The van der Waals surface area contributed by atoms with Gasteiger partial charge in [0, 0.05) is 12.5 Å². The van der Waals surface area contributed by atoms with Gasteiger partial charge >= 0.3 is 0 Å². The molecule has 4 heteroatoms. The lowest BCUT2D eigenvalue weighted by atomic mass is 9.68. The largest absolute Gasteiger partial charge is 0.368 e. The van der Waals surface area contributed by atoms with Gasteiger partial charge in [0.2, 0.25) is 5.91 Å². The van der Waals surface area contributed by atoms with Crippen molar-refractivity contribution in [2.45, 2.75) is 43.7 Å². The molecule has 0 aromatic heterocycles. The van der Waals surface area contributed by atoms with E-state index in [1.54, 1.807) is 0 Å². The molecule has 4 rings (SSSR count). The molecule has 0 saturated heterocycles. The molecule has 2 aromatic rings. The summed E-state index contributed by atoms with van der Waals surface area (Å²) < 4.78 is 0. The molecule has 0 fully saturated rings. The number of nitrogens with one attached hydrogen (secondary N) is 1. The van der Waals surface area contributed by atoms with Crippen molar-refractivity contribution in [2.75, 3.05) is 0 Å². The topological polar surface area (TPSA) is 55.1 Å². The molecule has 3 atom stereocenters. The van der Waals surface area contributed by atoms with E-state index in [4.69, 9.17) is 5.73 Å². The first-order valence-electron chi connectivity index (χ1n) is 8.44. The Bertz CT molecular complexity index is 746. The van der Waals surface area contributed by atoms with Gasteiger partial charge in [0.15, 0.2) is 0 Å². The van der Waals surface area contributed by atoms with Gasteiger partial charge in [0.25, 0.3) is 0 Å². The fourth-order valence-electron chi connectivity index (χ4n) is 4.44.